The normalized spacial score (nSPS) is 14.5. The van der Waals surface area contributed by atoms with E-state index in [0.717, 1.165) is 35.5 Å². The molecule has 2 aromatic heterocycles. The third-order valence-electron chi connectivity index (χ3n) is 5.72. The number of rotatable bonds is 6. The smallest absolute Gasteiger partial charge is 0.222 e. The molecule has 31 heavy (non-hydrogen) atoms. The summed E-state index contributed by atoms with van der Waals surface area (Å²) in [5.74, 6) is 1.60. The number of carbonyl (C=O) groups excluding carboxylic acids is 1. The molecule has 1 aliphatic rings. The topological polar surface area (TPSA) is 71.0 Å². The molecule has 0 aliphatic carbocycles. The van der Waals surface area contributed by atoms with Crippen LogP contribution >= 0.6 is 0 Å². The van der Waals surface area contributed by atoms with Gasteiger partial charge >= 0.3 is 0 Å². The molecule has 3 aromatic rings. The Balaban J connectivity index is 1.38. The average molecular weight is 420 g/mol. The van der Waals surface area contributed by atoms with E-state index < -0.39 is 0 Å². The standard InChI is InChI=1S/C24H26FN5O/c1-26-22-16-21(28-24(29-22)19-7-11-27-12-8-19)18-9-13-30(14-10-18)23(31)6-5-17-3-2-4-20(25)15-17/h2-4,7-8,11-12,15-16,18H,5-6,9-10,13-14H2,1H3,(H,26,28,29). The molecule has 1 aliphatic heterocycles. The number of nitrogens with one attached hydrogen (secondary N) is 1. The third kappa shape index (κ3) is 5.23. The highest BCUT2D eigenvalue weighted by Gasteiger charge is 2.25. The van der Waals surface area contributed by atoms with Crippen molar-refractivity contribution in [2.24, 2.45) is 0 Å². The fourth-order valence-corrected chi connectivity index (χ4v) is 3.96. The summed E-state index contributed by atoms with van der Waals surface area (Å²) in [6.45, 7) is 1.41. The number of pyridine rings is 1. The number of carbonyl (C=O) groups is 1. The zero-order chi connectivity index (χ0) is 21.6. The second-order valence-electron chi connectivity index (χ2n) is 7.77. The molecule has 0 spiro atoms. The van der Waals surface area contributed by atoms with Crippen molar-refractivity contribution in [3.05, 3.63) is 71.9 Å². The molecule has 0 atom stereocenters. The van der Waals surface area contributed by atoms with Gasteiger partial charge < -0.3 is 10.2 Å². The first-order valence-corrected chi connectivity index (χ1v) is 10.6. The van der Waals surface area contributed by atoms with Crippen molar-refractivity contribution < 1.29 is 9.18 Å². The molecule has 4 rings (SSSR count). The minimum atomic E-state index is -0.261. The van der Waals surface area contributed by atoms with Crippen molar-refractivity contribution in [3.63, 3.8) is 0 Å². The molecule has 1 amide bonds. The summed E-state index contributed by atoms with van der Waals surface area (Å²) in [6.07, 6.45) is 6.15. The van der Waals surface area contributed by atoms with Crippen molar-refractivity contribution in [1.82, 2.24) is 19.9 Å². The Bertz CT molecular complexity index is 1040. The zero-order valence-electron chi connectivity index (χ0n) is 17.6. The number of aryl methyl sites for hydroxylation is 1. The van der Waals surface area contributed by atoms with Gasteiger partial charge in [-0.05, 0) is 49.1 Å². The van der Waals surface area contributed by atoms with E-state index >= 15 is 0 Å². The molecule has 1 saturated heterocycles. The predicted molar refractivity (Wildman–Crippen MR) is 118 cm³/mol. The van der Waals surface area contributed by atoms with Crippen LogP contribution in [0.1, 0.15) is 36.4 Å². The predicted octanol–water partition coefficient (Wildman–Crippen LogP) is 4.06. The number of hydrogen-bond donors (Lipinski definition) is 1. The monoisotopic (exact) mass is 419 g/mol. The highest BCUT2D eigenvalue weighted by atomic mass is 19.1. The Morgan fingerprint density at radius 1 is 1.13 bits per heavy atom. The van der Waals surface area contributed by atoms with Crippen molar-refractivity contribution in [1.29, 1.82) is 0 Å². The number of halogens is 1. The number of anilines is 1. The molecule has 0 saturated carbocycles. The van der Waals surface area contributed by atoms with Crippen molar-refractivity contribution in [2.45, 2.75) is 31.6 Å². The van der Waals surface area contributed by atoms with Crippen LogP contribution in [0.3, 0.4) is 0 Å². The Morgan fingerprint density at radius 2 is 1.90 bits per heavy atom. The van der Waals surface area contributed by atoms with Crippen LogP contribution in [-0.2, 0) is 11.2 Å². The van der Waals surface area contributed by atoms with Crippen LogP contribution in [0.15, 0.2) is 54.9 Å². The van der Waals surface area contributed by atoms with Gasteiger partial charge in [-0.25, -0.2) is 14.4 Å². The highest BCUT2D eigenvalue weighted by Crippen LogP contribution is 2.30. The maximum Gasteiger partial charge on any atom is 0.222 e. The van der Waals surface area contributed by atoms with E-state index in [2.05, 4.69) is 15.3 Å². The molecular weight excluding hydrogens is 393 g/mol. The van der Waals surface area contributed by atoms with E-state index in [1.54, 1.807) is 18.5 Å². The quantitative estimate of drug-likeness (QED) is 0.653. The maximum absolute atomic E-state index is 13.3. The summed E-state index contributed by atoms with van der Waals surface area (Å²) >= 11 is 0. The largest absolute Gasteiger partial charge is 0.373 e. The lowest BCUT2D eigenvalue weighted by atomic mass is 9.92. The molecule has 0 radical (unpaired) electrons. The Kier molecular flexibility index (Phi) is 6.50. The fourth-order valence-electron chi connectivity index (χ4n) is 3.96. The Hall–Kier alpha value is -3.35. The van der Waals surface area contributed by atoms with Crippen molar-refractivity contribution in [2.75, 3.05) is 25.5 Å². The van der Waals surface area contributed by atoms with E-state index in [9.17, 15) is 9.18 Å². The molecule has 0 bridgehead atoms. The SMILES string of the molecule is CNc1cc(C2CCN(C(=O)CCc3cccc(F)c3)CC2)nc(-c2ccncc2)n1. The molecule has 160 valence electrons. The second kappa shape index (κ2) is 9.64. The molecule has 3 heterocycles. The minimum Gasteiger partial charge on any atom is -0.373 e. The lowest BCUT2D eigenvalue weighted by molar-refractivity contribution is -0.132. The van der Waals surface area contributed by atoms with E-state index in [4.69, 9.17) is 4.98 Å². The molecule has 6 nitrogen and oxygen atoms in total. The third-order valence-corrected chi connectivity index (χ3v) is 5.72. The maximum atomic E-state index is 13.3. The van der Waals surface area contributed by atoms with Gasteiger partial charge in [-0.1, -0.05) is 12.1 Å². The number of piperidine rings is 1. The number of amides is 1. The van der Waals surface area contributed by atoms with Crippen LogP contribution in [-0.4, -0.2) is 45.9 Å². The van der Waals surface area contributed by atoms with Gasteiger partial charge in [-0.3, -0.25) is 9.78 Å². The van der Waals surface area contributed by atoms with E-state index in [1.165, 1.54) is 12.1 Å². The summed E-state index contributed by atoms with van der Waals surface area (Å²) in [5.41, 5.74) is 2.78. The van der Waals surface area contributed by atoms with Gasteiger partial charge in [0, 0.05) is 62.2 Å². The molecule has 7 heteroatoms. The number of likely N-dealkylation sites (tertiary alicyclic amines) is 1. The Labute approximate surface area is 181 Å². The van der Waals surface area contributed by atoms with Crippen LogP contribution in [0, 0.1) is 5.82 Å². The molecule has 1 aromatic carbocycles. The summed E-state index contributed by atoms with van der Waals surface area (Å²) in [6, 6.07) is 12.3. The van der Waals surface area contributed by atoms with Gasteiger partial charge in [0.25, 0.3) is 0 Å². The lowest BCUT2D eigenvalue weighted by Crippen LogP contribution is -2.38. The van der Waals surface area contributed by atoms with E-state index in [0.29, 0.717) is 31.8 Å². The molecule has 0 unspecified atom stereocenters. The summed E-state index contributed by atoms with van der Waals surface area (Å²) < 4.78 is 13.3. The molecule has 1 fully saturated rings. The summed E-state index contributed by atoms with van der Waals surface area (Å²) in [5, 5.41) is 3.12. The highest BCUT2D eigenvalue weighted by molar-refractivity contribution is 5.76. The van der Waals surface area contributed by atoms with E-state index in [1.807, 2.05) is 36.2 Å². The number of aromatic nitrogens is 3. The Morgan fingerprint density at radius 3 is 2.61 bits per heavy atom. The number of nitrogens with zero attached hydrogens (tertiary/aromatic N) is 4. The van der Waals surface area contributed by atoms with Crippen LogP contribution in [0.4, 0.5) is 10.2 Å². The van der Waals surface area contributed by atoms with Crippen LogP contribution in [0.2, 0.25) is 0 Å². The fraction of sp³-hybridized carbons (Fsp3) is 0.333. The first-order valence-electron chi connectivity index (χ1n) is 10.6. The van der Waals surface area contributed by atoms with Gasteiger partial charge in [0.05, 0.1) is 0 Å². The second-order valence-corrected chi connectivity index (χ2v) is 7.77. The number of benzene rings is 1. The number of hydrogen-bond acceptors (Lipinski definition) is 5. The minimum absolute atomic E-state index is 0.124. The first-order chi connectivity index (χ1) is 15.1. The first kappa shape index (κ1) is 20.9. The van der Waals surface area contributed by atoms with Gasteiger partial charge in [-0.15, -0.1) is 0 Å². The van der Waals surface area contributed by atoms with E-state index in [-0.39, 0.29) is 17.6 Å². The summed E-state index contributed by atoms with van der Waals surface area (Å²) in [4.78, 5) is 28.0. The van der Waals surface area contributed by atoms with Gasteiger partial charge in [-0.2, -0.15) is 0 Å². The molecule has 1 N–H and O–H groups in total. The van der Waals surface area contributed by atoms with Crippen molar-refractivity contribution >= 4 is 11.7 Å². The summed E-state index contributed by atoms with van der Waals surface area (Å²) in [7, 11) is 1.85. The molecular formula is C24H26FN5O. The van der Waals surface area contributed by atoms with Crippen LogP contribution < -0.4 is 5.32 Å². The van der Waals surface area contributed by atoms with Crippen molar-refractivity contribution in [3.8, 4) is 11.4 Å². The lowest BCUT2D eigenvalue weighted by Gasteiger charge is -2.32. The average Bonchev–Trinajstić information content (AvgIpc) is 2.83. The van der Waals surface area contributed by atoms with Gasteiger partial charge in [0.15, 0.2) is 5.82 Å². The zero-order valence-corrected chi connectivity index (χ0v) is 17.6. The van der Waals surface area contributed by atoms with Gasteiger partial charge in [0.1, 0.15) is 11.6 Å². The van der Waals surface area contributed by atoms with Gasteiger partial charge in [0.2, 0.25) is 5.91 Å². The van der Waals surface area contributed by atoms with Crippen LogP contribution in [0.25, 0.3) is 11.4 Å². The van der Waals surface area contributed by atoms with Crippen LogP contribution in [0.5, 0.6) is 0 Å².